The van der Waals surface area contributed by atoms with Crippen LogP contribution in [0.15, 0.2) is 18.2 Å². The number of amides is 1. The maximum atomic E-state index is 13.1. The zero-order valence-corrected chi connectivity index (χ0v) is 23.3. The van der Waals surface area contributed by atoms with E-state index in [1.54, 1.807) is 5.06 Å². The van der Waals surface area contributed by atoms with Gasteiger partial charge in [-0.05, 0) is 62.3 Å². The molecule has 3 rings (SSSR count). The fourth-order valence-corrected chi connectivity index (χ4v) is 5.02. The lowest BCUT2D eigenvalue weighted by Gasteiger charge is -2.30. The summed E-state index contributed by atoms with van der Waals surface area (Å²) in [4.78, 5) is 32.3. The van der Waals surface area contributed by atoms with Gasteiger partial charge in [-0.2, -0.15) is 0 Å². The standard InChI is InChI=1S/C26H43N3O4.C2H4O2/c1-5-12-29(33-14-6-2)26(31)19-28-18-23(17-24(28)10-13-27(7-3)20(4)30)21-8-9-25-22(16-21)11-15-32-25;1-2(3)4/h8-9,16,20,23-24,30H,5-7,10-15,17-19H2,1-4H3;1H3,(H,3,4)/t20?,23?,24-;/m0./s1. The van der Waals surface area contributed by atoms with Crippen LogP contribution in [-0.4, -0.2) is 95.2 Å². The summed E-state index contributed by atoms with van der Waals surface area (Å²) >= 11 is 0. The second-order valence-electron chi connectivity index (χ2n) is 9.88. The molecule has 2 aliphatic rings. The topological polar surface area (TPSA) is 103 Å². The third-order valence-electron chi connectivity index (χ3n) is 6.89. The van der Waals surface area contributed by atoms with Crippen molar-refractivity contribution in [2.24, 2.45) is 0 Å². The number of aliphatic hydroxyl groups is 1. The number of aliphatic hydroxyl groups excluding tert-OH is 1. The van der Waals surface area contributed by atoms with E-state index in [-0.39, 0.29) is 5.91 Å². The van der Waals surface area contributed by atoms with E-state index in [1.807, 2.05) is 6.92 Å². The lowest BCUT2D eigenvalue weighted by molar-refractivity contribution is -0.188. The Morgan fingerprint density at radius 3 is 2.57 bits per heavy atom. The molecule has 1 fully saturated rings. The van der Waals surface area contributed by atoms with Gasteiger partial charge in [0.1, 0.15) is 12.0 Å². The molecule has 2 aliphatic heterocycles. The van der Waals surface area contributed by atoms with Crippen molar-refractivity contribution in [1.29, 1.82) is 0 Å². The Hall–Kier alpha value is -2.20. The van der Waals surface area contributed by atoms with Crippen molar-refractivity contribution >= 4 is 11.9 Å². The van der Waals surface area contributed by atoms with Crippen LogP contribution in [0.1, 0.15) is 77.3 Å². The van der Waals surface area contributed by atoms with Gasteiger partial charge in [-0.3, -0.25) is 24.2 Å². The monoisotopic (exact) mass is 521 g/mol. The predicted molar refractivity (Wildman–Crippen MR) is 143 cm³/mol. The second-order valence-corrected chi connectivity index (χ2v) is 9.88. The SMILES string of the molecule is CC(=O)O.CCCON(CCC)C(=O)CN1CC(c2ccc3c(c2)CCO3)C[C@@H]1CCN(CC)C(C)O. The number of benzene rings is 1. The number of carbonyl (C=O) groups excluding carboxylic acids is 1. The zero-order chi connectivity index (χ0) is 27.4. The number of carboxylic acids is 1. The van der Waals surface area contributed by atoms with Gasteiger partial charge in [0.25, 0.3) is 11.9 Å². The van der Waals surface area contributed by atoms with Crippen LogP contribution >= 0.6 is 0 Å². The molecule has 1 amide bonds. The number of carboxylic acid groups (broad SMARTS) is 1. The Kier molecular flexibility index (Phi) is 13.3. The number of ether oxygens (including phenoxy) is 1. The highest BCUT2D eigenvalue weighted by Crippen LogP contribution is 2.36. The first-order valence-corrected chi connectivity index (χ1v) is 13.7. The lowest BCUT2D eigenvalue weighted by atomic mass is 9.93. The molecule has 2 unspecified atom stereocenters. The molecule has 0 bridgehead atoms. The van der Waals surface area contributed by atoms with Crippen molar-refractivity contribution < 1.29 is 29.4 Å². The number of fused-ring (bicyclic) bond motifs is 1. The summed E-state index contributed by atoms with van der Waals surface area (Å²) in [7, 11) is 0. The number of rotatable bonds is 13. The molecular weight excluding hydrogens is 474 g/mol. The minimum absolute atomic E-state index is 0.0428. The van der Waals surface area contributed by atoms with Gasteiger partial charge in [-0.1, -0.05) is 32.9 Å². The fourth-order valence-electron chi connectivity index (χ4n) is 5.02. The smallest absolute Gasteiger partial charge is 0.300 e. The van der Waals surface area contributed by atoms with Gasteiger partial charge in [-0.25, -0.2) is 5.06 Å². The minimum Gasteiger partial charge on any atom is -0.493 e. The van der Waals surface area contributed by atoms with Crippen molar-refractivity contribution in [2.45, 2.75) is 84.9 Å². The first kappa shape index (κ1) is 31.0. The minimum atomic E-state index is -0.833. The molecule has 1 saturated heterocycles. The largest absolute Gasteiger partial charge is 0.493 e. The third kappa shape index (κ3) is 9.89. The van der Waals surface area contributed by atoms with Crippen LogP contribution < -0.4 is 4.74 Å². The van der Waals surface area contributed by atoms with Crippen LogP contribution in [0, 0.1) is 0 Å². The summed E-state index contributed by atoms with van der Waals surface area (Å²) in [5.41, 5.74) is 2.64. The van der Waals surface area contributed by atoms with E-state index >= 15 is 0 Å². The normalized spacial score (nSPS) is 19.6. The van der Waals surface area contributed by atoms with E-state index in [1.165, 1.54) is 11.1 Å². The number of hydroxylamine groups is 2. The number of aliphatic carboxylic acids is 1. The van der Waals surface area contributed by atoms with Crippen molar-refractivity contribution in [1.82, 2.24) is 14.9 Å². The van der Waals surface area contributed by atoms with Crippen LogP contribution in [0.3, 0.4) is 0 Å². The number of nitrogens with zero attached hydrogens (tertiary/aromatic N) is 3. The van der Waals surface area contributed by atoms with Crippen LogP contribution in [0.4, 0.5) is 0 Å². The third-order valence-corrected chi connectivity index (χ3v) is 6.89. The van der Waals surface area contributed by atoms with E-state index in [0.29, 0.717) is 31.7 Å². The predicted octanol–water partition coefficient (Wildman–Crippen LogP) is 3.50. The molecule has 2 heterocycles. The lowest BCUT2D eigenvalue weighted by Crippen LogP contribution is -2.44. The maximum absolute atomic E-state index is 13.1. The molecular formula is C28H47N3O6. The Labute approximate surface area is 222 Å². The van der Waals surface area contributed by atoms with Crippen LogP contribution in [-0.2, 0) is 20.8 Å². The van der Waals surface area contributed by atoms with E-state index < -0.39 is 12.2 Å². The molecule has 210 valence electrons. The summed E-state index contributed by atoms with van der Waals surface area (Å²) in [6, 6.07) is 6.90. The van der Waals surface area contributed by atoms with Crippen LogP contribution in [0.2, 0.25) is 0 Å². The number of hydrogen-bond donors (Lipinski definition) is 2. The van der Waals surface area contributed by atoms with Crippen LogP contribution in [0.5, 0.6) is 5.75 Å². The van der Waals surface area contributed by atoms with Gasteiger partial charge in [0.05, 0.1) is 19.8 Å². The highest BCUT2D eigenvalue weighted by Gasteiger charge is 2.35. The molecule has 2 N–H and O–H groups in total. The molecule has 0 spiro atoms. The molecule has 9 heteroatoms. The molecule has 1 aromatic rings. The zero-order valence-electron chi connectivity index (χ0n) is 23.3. The average Bonchev–Trinajstić information content (AvgIpc) is 3.48. The second kappa shape index (κ2) is 15.9. The van der Waals surface area contributed by atoms with Crippen molar-refractivity contribution in [3.05, 3.63) is 29.3 Å². The van der Waals surface area contributed by atoms with Crippen molar-refractivity contribution in [3.8, 4) is 5.75 Å². The van der Waals surface area contributed by atoms with Gasteiger partial charge in [0.15, 0.2) is 0 Å². The molecule has 0 radical (unpaired) electrons. The molecule has 37 heavy (non-hydrogen) atoms. The average molecular weight is 522 g/mol. The Bertz CT molecular complexity index is 845. The van der Waals surface area contributed by atoms with E-state index in [9.17, 15) is 9.90 Å². The summed E-state index contributed by atoms with van der Waals surface area (Å²) in [6.45, 7) is 13.9. The van der Waals surface area contributed by atoms with Crippen LogP contribution in [0.25, 0.3) is 0 Å². The molecule has 3 atom stereocenters. The van der Waals surface area contributed by atoms with Gasteiger partial charge in [0, 0.05) is 39.0 Å². The van der Waals surface area contributed by atoms with Gasteiger partial charge >= 0.3 is 0 Å². The fraction of sp³-hybridized carbons (Fsp3) is 0.714. The Morgan fingerprint density at radius 1 is 1.22 bits per heavy atom. The first-order valence-electron chi connectivity index (χ1n) is 13.7. The van der Waals surface area contributed by atoms with E-state index in [4.69, 9.17) is 19.5 Å². The van der Waals surface area contributed by atoms with Gasteiger partial charge in [0.2, 0.25) is 0 Å². The highest BCUT2D eigenvalue weighted by atomic mass is 16.7. The Morgan fingerprint density at radius 2 is 1.95 bits per heavy atom. The van der Waals surface area contributed by atoms with Crippen molar-refractivity contribution in [2.75, 3.05) is 45.9 Å². The maximum Gasteiger partial charge on any atom is 0.300 e. The molecule has 9 nitrogen and oxygen atoms in total. The summed E-state index contributed by atoms with van der Waals surface area (Å²) in [5, 5.41) is 19.0. The number of likely N-dealkylation sites (tertiary alicyclic amines) is 1. The van der Waals surface area contributed by atoms with Crippen molar-refractivity contribution in [3.63, 3.8) is 0 Å². The number of hydrogen-bond acceptors (Lipinski definition) is 7. The quantitative estimate of drug-likeness (QED) is 0.300. The van der Waals surface area contributed by atoms with E-state index in [2.05, 4.69) is 48.8 Å². The van der Waals surface area contributed by atoms with Gasteiger partial charge in [-0.15, -0.1) is 0 Å². The molecule has 0 aromatic heterocycles. The molecule has 0 aliphatic carbocycles. The summed E-state index contributed by atoms with van der Waals surface area (Å²) < 4.78 is 5.69. The van der Waals surface area contributed by atoms with Gasteiger partial charge < -0.3 is 14.9 Å². The highest BCUT2D eigenvalue weighted by molar-refractivity contribution is 5.77. The van der Waals surface area contributed by atoms with E-state index in [0.717, 1.165) is 71.0 Å². The summed E-state index contributed by atoms with van der Waals surface area (Å²) in [6.07, 6.45) is 4.23. The summed E-state index contributed by atoms with van der Waals surface area (Å²) in [5.74, 6) is 0.617. The number of carbonyl (C=O) groups is 2. The molecule has 0 saturated carbocycles. The first-order chi connectivity index (χ1) is 17.7. The Balaban J connectivity index is 0.00000112. The molecule has 1 aromatic carbocycles.